The van der Waals surface area contributed by atoms with Gasteiger partial charge in [0.2, 0.25) is 10.0 Å². The number of carbonyl (C=O) groups is 1. The third-order valence-electron chi connectivity index (χ3n) is 3.78. The molecule has 0 radical (unpaired) electrons. The van der Waals surface area contributed by atoms with Crippen LogP contribution < -0.4 is 4.72 Å². The molecule has 8 heteroatoms. The molecule has 1 amide bonds. The largest absolute Gasteiger partial charge is 0.340 e. The van der Waals surface area contributed by atoms with Gasteiger partial charge in [0.05, 0.1) is 0 Å². The number of hydrogen-bond acceptors (Lipinski definition) is 3. The average Bonchev–Trinajstić information content (AvgIpc) is 2.95. The molecule has 1 aliphatic heterocycles. The second-order valence-corrected chi connectivity index (χ2v) is 7.20. The van der Waals surface area contributed by atoms with Crippen LogP contribution in [-0.2, 0) is 23.1 Å². The van der Waals surface area contributed by atoms with E-state index in [1.807, 2.05) is 0 Å². The summed E-state index contributed by atoms with van der Waals surface area (Å²) in [4.78, 5) is 13.6. The molecule has 2 heterocycles. The second kappa shape index (κ2) is 5.78. The lowest BCUT2D eigenvalue weighted by Gasteiger charge is -2.23. The molecule has 0 spiro atoms. The molecule has 1 aromatic heterocycles. The van der Waals surface area contributed by atoms with E-state index in [4.69, 9.17) is 0 Å². The Balaban J connectivity index is 1.81. The van der Waals surface area contributed by atoms with Crippen molar-refractivity contribution in [1.29, 1.82) is 0 Å². The summed E-state index contributed by atoms with van der Waals surface area (Å²) >= 11 is 0. The van der Waals surface area contributed by atoms with Crippen LogP contribution in [0, 0.1) is 5.82 Å². The van der Waals surface area contributed by atoms with Crippen molar-refractivity contribution in [3.8, 4) is 0 Å². The number of nitrogens with one attached hydrogen (secondary N) is 1. The maximum atomic E-state index is 13.1. The van der Waals surface area contributed by atoms with Gasteiger partial charge < -0.3 is 9.47 Å². The van der Waals surface area contributed by atoms with Crippen molar-refractivity contribution in [2.45, 2.75) is 18.0 Å². The SMILES string of the molecule is CN1CCn2cc(S(=O)(=O)NCc3cccc(F)c3)cc2C1=O. The maximum Gasteiger partial charge on any atom is 0.270 e. The van der Waals surface area contributed by atoms with Gasteiger partial charge in [-0.25, -0.2) is 17.5 Å². The molecule has 0 atom stereocenters. The number of fused-ring (bicyclic) bond motifs is 1. The van der Waals surface area contributed by atoms with Gasteiger partial charge in [-0.15, -0.1) is 0 Å². The van der Waals surface area contributed by atoms with Crippen molar-refractivity contribution in [2.75, 3.05) is 13.6 Å². The van der Waals surface area contributed by atoms with Crippen LogP contribution in [0.25, 0.3) is 0 Å². The number of benzene rings is 1. The summed E-state index contributed by atoms with van der Waals surface area (Å²) in [5.74, 6) is -0.627. The molecular weight excluding hydrogens is 321 g/mol. The lowest BCUT2D eigenvalue weighted by molar-refractivity contribution is 0.0749. The minimum absolute atomic E-state index is 0.0194. The third kappa shape index (κ3) is 3.13. The molecule has 6 nitrogen and oxygen atoms in total. The summed E-state index contributed by atoms with van der Waals surface area (Å²) in [5.41, 5.74) is 0.873. The standard InChI is InChI=1S/C15H16FN3O3S/c1-18-5-6-19-10-13(8-14(19)15(18)20)23(21,22)17-9-11-3-2-4-12(16)7-11/h2-4,7-8,10,17H,5-6,9H2,1H3. The van der Waals surface area contributed by atoms with E-state index in [0.29, 0.717) is 24.3 Å². The molecule has 0 bridgehead atoms. The van der Waals surface area contributed by atoms with Crippen LogP contribution in [0.2, 0.25) is 0 Å². The van der Waals surface area contributed by atoms with Crippen LogP contribution in [-0.4, -0.2) is 37.4 Å². The smallest absolute Gasteiger partial charge is 0.270 e. The first-order chi connectivity index (χ1) is 10.9. The topological polar surface area (TPSA) is 71.4 Å². The summed E-state index contributed by atoms with van der Waals surface area (Å²) < 4.78 is 41.9. The minimum Gasteiger partial charge on any atom is -0.340 e. The zero-order valence-electron chi connectivity index (χ0n) is 12.5. The molecule has 122 valence electrons. The fourth-order valence-electron chi connectivity index (χ4n) is 2.46. The summed E-state index contributed by atoms with van der Waals surface area (Å²) in [6.07, 6.45) is 1.45. The van der Waals surface area contributed by atoms with Crippen molar-refractivity contribution < 1.29 is 17.6 Å². The van der Waals surface area contributed by atoms with Gasteiger partial charge in [-0.3, -0.25) is 4.79 Å². The molecule has 0 saturated carbocycles. The average molecular weight is 337 g/mol. The molecule has 0 fully saturated rings. The molecule has 3 rings (SSSR count). The van der Waals surface area contributed by atoms with Crippen molar-refractivity contribution >= 4 is 15.9 Å². The highest BCUT2D eigenvalue weighted by atomic mass is 32.2. The maximum absolute atomic E-state index is 13.1. The van der Waals surface area contributed by atoms with Crippen LogP contribution in [0.3, 0.4) is 0 Å². The van der Waals surface area contributed by atoms with Gasteiger partial charge in [0.1, 0.15) is 16.4 Å². The number of hydrogen-bond donors (Lipinski definition) is 1. The first-order valence-electron chi connectivity index (χ1n) is 7.06. The van der Waals surface area contributed by atoms with Gasteiger partial charge in [0, 0.05) is 32.9 Å². The van der Waals surface area contributed by atoms with Crippen molar-refractivity contribution in [3.63, 3.8) is 0 Å². The summed E-state index contributed by atoms with van der Waals surface area (Å²) in [6.45, 7) is 1.07. The Labute approximate surface area is 133 Å². The van der Waals surface area contributed by atoms with Crippen molar-refractivity contribution in [3.05, 3.63) is 53.6 Å². The monoisotopic (exact) mass is 337 g/mol. The molecule has 0 aliphatic carbocycles. The van der Waals surface area contributed by atoms with E-state index < -0.39 is 15.8 Å². The van der Waals surface area contributed by atoms with Crippen LogP contribution in [0.5, 0.6) is 0 Å². The Kier molecular flexibility index (Phi) is 3.95. The predicted molar refractivity (Wildman–Crippen MR) is 81.8 cm³/mol. The molecule has 1 aliphatic rings. The lowest BCUT2D eigenvalue weighted by atomic mass is 10.2. The first-order valence-corrected chi connectivity index (χ1v) is 8.55. The lowest BCUT2D eigenvalue weighted by Crippen LogP contribution is -2.36. The van der Waals surface area contributed by atoms with Gasteiger partial charge in [0.15, 0.2) is 0 Å². The summed E-state index contributed by atoms with van der Waals surface area (Å²) in [6, 6.07) is 7.08. The number of amides is 1. The highest BCUT2D eigenvalue weighted by Gasteiger charge is 2.26. The number of nitrogens with zero attached hydrogens (tertiary/aromatic N) is 2. The van der Waals surface area contributed by atoms with E-state index in [2.05, 4.69) is 4.72 Å². The number of likely N-dealkylation sites (N-methyl/N-ethyl adjacent to an activating group) is 1. The van der Waals surface area contributed by atoms with E-state index in [1.165, 1.54) is 30.5 Å². The second-order valence-electron chi connectivity index (χ2n) is 5.44. The Morgan fingerprint density at radius 3 is 2.78 bits per heavy atom. The Hall–Kier alpha value is -2.19. The van der Waals surface area contributed by atoms with Crippen LogP contribution in [0.15, 0.2) is 41.4 Å². The zero-order valence-corrected chi connectivity index (χ0v) is 13.3. The molecule has 0 unspecified atom stereocenters. The van der Waals surface area contributed by atoms with Crippen LogP contribution >= 0.6 is 0 Å². The van der Waals surface area contributed by atoms with Gasteiger partial charge >= 0.3 is 0 Å². The van der Waals surface area contributed by atoms with E-state index in [0.717, 1.165) is 0 Å². The molecule has 23 heavy (non-hydrogen) atoms. The minimum atomic E-state index is -3.77. The van der Waals surface area contributed by atoms with Gasteiger partial charge in [0.25, 0.3) is 5.91 Å². The molecule has 2 aromatic rings. The van der Waals surface area contributed by atoms with Crippen LogP contribution in [0.4, 0.5) is 4.39 Å². The zero-order chi connectivity index (χ0) is 16.6. The number of aromatic nitrogens is 1. The molecule has 1 aromatic carbocycles. The number of sulfonamides is 1. The molecule has 1 N–H and O–H groups in total. The van der Waals surface area contributed by atoms with Gasteiger partial charge in [-0.2, -0.15) is 0 Å². The van der Waals surface area contributed by atoms with Crippen molar-refractivity contribution in [1.82, 2.24) is 14.2 Å². The van der Waals surface area contributed by atoms with Gasteiger partial charge in [-0.05, 0) is 23.8 Å². The molecule has 0 saturated heterocycles. The first kappa shape index (κ1) is 15.7. The van der Waals surface area contributed by atoms with E-state index in [1.54, 1.807) is 22.6 Å². The third-order valence-corrected chi connectivity index (χ3v) is 5.15. The highest BCUT2D eigenvalue weighted by molar-refractivity contribution is 7.89. The highest BCUT2D eigenvalue weighted by Crippen LogP contribution is 2.19. The Morgan fingerprint density at radius 1 is 1.26 bits per heavy atom. The quantitative estimate of drug-likeness (QED) is 0.911. The number of halogens is 1. The Bertz CT molecular complexity index is 861. The van der Waals surface area contributed by atoms with Crippen LogP contribution in [0.1, 0.15) is 16.1 Å². The van der Waals surface area contributed by atoms with E-state index >= 15 is 0 Å². The van der Waals surface area contributed by atoms with E-state index in [9.17, 15) is 17.6 Å². The van der Waals surface area contributed by atoms with Crippen molar-refractivity contribution in [2.24, 2.45) is 0 Å². The summed E-state index contributed by atoms with van der Waals surface area (Å²) in [7, 11) is -2.09. The fraction of sp³-hybridized carbons (Fsp3) is 0.267. The predicted octanol–water partition coefficient (Wildman–Crippen LogP) is 1.19. The normalized spacial score (nSPS) is 14.9. The summed E-state index contributed by atoms with van der Waals surface area (Å²) in [5, 5.41) is 0. The van der Waals surface area contributed by atoms with E-state index in [-0.39, 0.29) is 17.3 Å². The van der Waals surface area contributed by atoms with Gasteiger partial charge in [-0.1, -0.05) is 12.1 Å². The fourth-order valence-corrected chi connectivity index (χ4v) is 3.51. The Morgan fingerprint density at radius 2 is 2.04 bits per heavy atom. The number of rotatable bonds is 4. The molecular formula is C15H16FN3O3S. The number of carbonyl (C=O) groups excluding carboxylic acids is 1.